The maximum atomic E-state index is 6.40. The number of benzene rings is 5. The van der Waals surface area contributed by atoms with Crippen molar-refractivity contribution in [2.45, 2.75) is 0 Å². The first-order chi connectivity index (χ1) is 20.3. The number of para-hydroxylation sites is 1. The quantitative estimate of drug-likeness (QED) is 0.136. The van der Waals surface area contributed by atoms with E-state index in [0.29, 0.717) is 11.5 Å². The molecule has 4 heterocycles. The Labute approximate surface area is 254 Å². The van der Waals surface area contributed by atoms with Gasteiger partial charge in [0.1, 0.15) is 0 Å². The fourth-order valence-corrected chi connectivity index (χ4v) is 6.13. The molecule has 5 nitrogen and oxygen atoms in total. The minimum absolute atomic E-state index is 0. The Morgan fingerprint density at radius 2 is 1.17 bits per heavy atom. The molecule has 9 rings (SSSR count). The van der Waals surface area contributed by atoms with Gasteiger partial charge in [-0.25, -0.2) is 0 Å². The molecule has 0 aliphatic carbocycles. The Balaban J connectivity index is 0.00000267. The van der Waals surface area contributed by atoms with E-state index in [1.54, 1.807) is 0 Å². The van der Waals surface area contributed by atoms with Crippen LogP contribution in [0.25, 0.3) is 65.8 Å². The predicted octanol–water partition coefficient (Wildman–Crippen LogP) is 8.65. The molecule has 0 saturated heterocycles. The van der Waals surface area contributed by atoms with Gasteiger partial charge in [-0.05, 0) is 34.0 Å². The molecular formula is C36H20N4OPt. The van der Waals surface area contributed by atoms with E-state index in [9.17, 15) is 0 Å². The zero-order valence-electron chi connectivity index (χ0n) is 22.1. The van der Waals surface area contributed by atoms with Gasteiger partial charge < -0.3 is 13.5 Å². The second kappa shape index (κ2) is 9.54. The largest absolute Gasteiger partial charge is 2.00 e. The molecule has 5 aromatic carbocycles. The van der Waals surface area contributed by atoms with Crippen molar-refractivity contribution in [3.63, 3.8) is 0 Å². The van der Waals surface area contributed by atoms with Crippen molar-refractivity contribution in [3.05, 3.63) is 134 Å². The molecule has 0 aliphatic heterocycles. The zero-order chi connectivity index (χ0) is 26.9. The monoisotopic (exact) mass is 719 g/mol. The fraction of sp³-hybridized carbons (Fsp3) is 0. The summed E-state index contributed by atoms with van der Waals surface area (Å²) in [5, 5.41) is 6.31. The molecule has 0 bridgehead atoms. The van der Waals surface area contributed by atoms with E-state index in [-0.39, 0.29) is 21.1 Å². The van der Waals surface area contributed by atoms with E-state index in [1.165, 1.54) is 11.1 Å². The standard InChI is InChI=1S/C36H20N4O.Pt/c1-2-7-23(8-3-1)26-10-6-12-33-34(26)29-16-14-25(22-31(29)36-38-18-20-40(33)36)41-24-13-15-27-28-9-4-5-11-32(28)39-19-17-37-35(39)30(27)21-24;/h1-20H;/q-2;+2. The summed E-state index contributed by atoms with van der Waals surface area (Å²) in [6.07, 6.45) is 7.65. The molecular weight excluding hydrogens is 700 g/mol. The van der Waals surface area contributed by atoms with Crippen molar-refractivity contribution >= 4 is 54.6 Å². The second-order valence-corrected chi connectivity index (χ2v) is 10.1. The SMILES string of the molecule is [Pt+2].[c-]1c(Oc2[c-]c3c(cc2)c2c(-c4ccccc4)cccc2n2ccnc32)ccc2c1c1nccn1c1ccccc21. The number of nitrogens with zero attached hydrogens (tertiary/aromatic N) is 4. The molecule has 0 atom stereocenters. The minimum atomic E-state index is 0. The Hall–Kier alpha value is -4.99. The number of aromatic nitrogens is 4. The number of hydrogen-bond donors (Lipinski definition) is 0. The van der Waals surface area contributed by atoms with Gasteiger partial charge >= 0.3 is 21.1 Å². The molecule has 0 fully saturated rings. The summed E-state index contributed by atoms with van der Waals surface area (Å²) in [5.74, 6) is 1.22. The Bertz CT molecular complexity index is 2460. The van der Waals surface area contributed by atoms with Crippen molar-refractivity contribution in [1.29, 1.82) is 0 Å². The third-order valence-corrected chi connectivity index (χ3v) is 7.90. The third-order valence-electron chi connectivity index (χ3n) is 7.90. The molecule has 4 aromatic heterocycles. The van der Waals surface area contributed by atoms with Crippen LogP contribution in [0.5, 0.6) is 11.5 Å². The number of imidazole rings is 2. The van der Waals surface area contributed by atoms with Gasteiger partial charge in [0.2, 0.25) is 0 Å². The minimum Gasteiger partial charge on any atom is -0.497 e. The average molecular weight is 720 g/mol. The maximum absolute atomic E-state index is 6.40. The van der Waals surface area contributed by atoms with Crippen LogP contribution in [0.4, 0.5) is 0 Å². The van der Waals surface area contributed by atoms with Gasteiger partial charge in [0, 0.05) is 47.3 Å². The van der Waals surface area contributed by atoms with E-state index >= 15 is 0 Å². The summed E-state index contributed by atoms with van der Waals surface area (Å²) in [5.41, 5.74) is 6.25. The van der Waals surface area contributed by atoms with Crippen LogP contribution < -0.4 is 4.74 Å². The average Bonchev–Trinajstić information content (AvgIpc) is 3.73. The van der Waals surface area contributed by atoms with Crippen molar-refractivity contribution in [2.24, 2.45) is 0 Å². The van der Waals surface area contributed by atoms with Gasteiger partial charge in [-0.2, -0.15) is 0 Å². The van der Waals surface area contributed by atoms with Gasteiger partial charge in [0.25, 0.3) is 0 Å². The molecule has 0 spiro atoms. The molecule has 200 valence electrons. The van der Waals surface area contributed by atoms with Crippen molar-refractivity contribution in [2.75, 3.05) is 0 Å². The molecule has 6 heteroatoms. The van der Waals surface area contributed by atoms with E-state index in [4.69, 9.17) is 9.72 Å². The number of ether oxygens (including phenoxy) is 1. The Morgan fingerprint density at radius 1 is 0.548 bits per heavy atom. The summed E-state index contributed by atoms with van der Waals surface area (Å²) in [7, 11) is 0. The van der Waals surface area contributed by atoms with Crippen LogP contribution in [-0.4, -0.2) is 18.8 Å². The van der Waals surface area contributed by atoms with E-state index in [0.717, 1.165) is 54.6 Å². The Kier molecular flexibility index (Phi) is 5.63. The first-order valence-electron chi connectivity index (χ1n) is 13.5. The molecule has 0 aliphatic rings. The number of pyridine rings is 2. The van der Waals surface area contributed by atoms with E-state index < -0.39 is 0 Å². The topological polar surface area (TPSA) is 43.8 Å². The summed E-state index contributed by atoms with van der Waals surface area (Å²) < 4.78 is 10.6. The molecule has 0 saturated carbocycles. The van der Waals surface area contributed by atoms with Crippen LogP contribution in [0.2, 0.25) is 0 Å². The summed E-state index contributed by atoms with van der Waals surface area (Å²) >= 11 is 0. The number of fused-ring (bicyclic) bond motifs is 12. The molecule has 9 aromatic rings. The van der Waals surface area contributed by atoms with Gasteiger partial charge in [-0.3, -0.25) is 9.97 Å². The maximum Gasteiger partial charge on any atom is 2.00 e. The first kappa shape index (κ1) is 24.8. The molecule has 0 N–H and O–H groups in total. The van der Waals surface area contributed by atoms with Gasteiger partial charge in [-0.1, -0.05) is 106 Å². The van der Waals surface area contributed by atoms with Crippen molar-refractivity contribution < 1.29 is 25.8 Å². The van der Waals surface area contributed by atoms with Crippen LogP contribution in [0.15, 0.2) is 122 Å². The van der Waals surface area contributed by atoms with Gasteiger partial charge in [-0.15, -0.1) is 12.1 Å². The summed E-state index contributed by atoms with van der Waals surface area (Å²) in [6.45, 7) is 0. The van der Waals surface area contributed by atoms with E-state index in [2.05, 4.69) is 98.7 Å². The van der Waals surface area contributed by atoms with E-state index in [1.807, 2.05) is 49.1 Å². The van der Waals surface area contributed by atoms with Gasteiger partial charge in [0.15, 0.2) is 0 Å². The molecule has 42 heavy (non-hydrogen) atoms. The van der Waals surface area contributed by atoms with Crippen molar-refractivity contribution in [3.8, 4) is 22.6 Å². The zero-order valence-corrected chi connectivity index (χ0v) is 24.3. The predicted molar refractivity (Wildman–Crippen MR) is 164 cm³/mol. The molecule has 0 radical (unpaired) electrons. The van der Waals surface area contributed by atoms with Crippen LogP contribution in [0.1, 0.15) is 0 Å². The third kappa shape index (κ3) is 3.60. The molecule has 0 unspecified atom stereocenters. The van der Waals surface area contributed by atoms with Crippen molar-refractivity contribution in [1.82, 2.24) is 18.8 Å². The van der Waals surface area contributed by atoms with Gasteiger partial charge in [0.05, 0.1) is 11.3 Å². The number of hydrogen-bond acceptors (Lipinski definition) is 3. The van der Waals surface area contributed by atoms with Crippen LogP contribution in [0.3, 0.4) is 0 Å². The fourth-order valence-electron chi connectivity index (χ4n) is 6.13. The van der Waals surface area contributed by atoms with Crippen LogP contribution in [0, 0.1) is 12.1 Å². The first-order valence-corrected chi connectivity index (χ1v) is 13.5. The summed E-state index contributed by atoms with van der Waals surface area (Å²) in [4.78, 5) is 9.34. The number of rotatable bonds is 3. The molecule has 0 amide bonds. The van der Waals surface area contributed by atoms with Crippen LogP contribution in [-0.2, 0) is 21.1 Å². The Morgan fingerprint density at radius 3 is 1.93 bits per heavy atom. The van der Waals surface area contributed by atoms with Crippen LogP contribution >= 0.6 is 0 Å². The second-order valence-electron chi connectivity index (χ2n) is 10.1. The normalized spacial score (nSPS) is 11.6. The smallest absolute Gasteiger partial charge is 0.497 e. The summed E-state index contributed by atoms with van der Waals surface area (Å²) in [6, 6.07) is 40.4.